The minimum Gasteiger partial charge on any atom is -0.346 e. The number of halogens is 2. The number of hydrogen-bond acceptors (Lipinski definition) is 4. The summed E-state index contributed by atoms with van der Waals surface area (Å²) in [7, 11) is 0. The van der Waals surface area contributed by atoms with Crippen LogP contribution in [0.15, 0.2) is 84.0 Å². The van der Waals surface area contributed by atoms with Crippen LogP contribution in [0.25, 0.3) is 5.69 Å². The predicted molar refractivity (Wildman–Crippen MR) is 153 cm³/mol. The molecule has 0 fully saturated rings. The summed E-state index contributed by atoms with van der Waals surface area (Å²) in [6.07, 6.45) is 3.99. The Hall–Kier alpha value is -2.80. The summed E-state index contributed by atoms with van der Waals surface area (Å²) in [5.41, 5.74) is 2.99. The van der Waals surface area contributed by atoms with Gasteiger partial charge in [0, 0.05) is 17.2 Å². The lowest BCUT2D eigenvalue weighted by Crippen LogP contribution is -2.32. The Morgan fingerprint density at radius 1 is 0.946 bits per heavy atom. The van der Waals surface area contributed by atoms with Gasteiger partial charge in [0.1, 0.15) is 0 Å². The number of carbonyl (C=O) groups excluding carboxylic acids is 1. The van der Waals surface area contributed by atoms with Crippen LogP contribution < -0.4 is 5.32 Å². The molecule has 1 heterocycles. The fraction of sp³-hybridized carbons (Fsp3) is 0.276. The van der Waals surface area contributed by atoms with E-state index in [2.05, 4.69) is 46.7 Å². The van der Waals surface area contributed by atoms with Crippen LogP contribution in [0.4, 0.5) is 0 Å². The van der Waals surface area contributed by atoms with Crippen molar-refractivity contribution in [3.05, 3.63) is 106 Å². The van der Waals surface area contributed by atoms with Crippen molar-refractivity contribution in [2.24, 2.45) is 0 Å². The number of rotatable bonds is 12. The molecule has 4 rings (SSSR count). The number of benzene rings is 3. The van der Waals surface area contributed by atoms with Gasteiger partial charge in [0.05, 0.1) is 16.8 Å². The number of hydrogen-bond donors (Lipinski definition) is 1. The second-order valence-electron chi connectivity index (χ2n) is 8.81. The van der Waals surface area contributed by atoms with Gasteiger partial charge in [-0.3, -0.25) is 9.36 Å². The molecule has 1 atom stereocenters. The summed E-state index contributed by atoms with van der Waals surface area (Å²) in [5, 5.41) is 14.1. The number of carbonyl (C=O) groups is 1. The van der Waals surface area contributed by atoms with Gasteiger partial charge in [-0.15, -0.1) is 10.2 Å². The topological polar surface area (TPSA) is 59.8 Å². The zero-order valence-electron chi connectivity index (χ0n) is 20.7. The van der Waals surface area contributed by atoms with Crippen LogP contribution in [0.2, 0.25) is 10.0 Å². The van der Waals surface area contributed by atoms with Crippen LogP contribution in [-0.2, 0) is 17.0 Å². The molecule has 0 aliphatic rings. The van der Waals surface area contributed by atoms with E-state index in [1.165, 1.54) is 5.56 Å². The molecular weight excluding hydrogens is 523 g/mol. The third kappa shape index (κ3) is 7.60. The molecule has 3 aromatic carbocycles. The molecule has 1 N–H and O–H groups in total. The van der Waals surface area contributed by atoms with E-state index < -0.39 is 0 Å². The summed E-state index contributed by atoms with van der Waals surface area (Å²) in [5.74, 6) is 1.36. The van der Waals surface area contributed by atoms with E-state index in [0.29, 0.717) is 33.9 Å². The summed E-state index contributed by atoms with van der Waals surface area (Å²) in [4.78, 5) is 13.0. The lowest BCUT2D eigenvalue weighted by Gasteiger charge is -2.21. The zero-order chi connectivity index (χ0) is 26.0. The maximum Gasteiger partial charge on any atom is 0.220 e. The first kappa shape index (κ1) is 27.2. The van der Waals surface area contributed by atoms with Crippen molar-refractivity contribution in [1.82, 2.24) is 20.1 Å². The van der Waals surface area contributed by atoms with Gasteiger partial charge in [-0.05, 0) is 42.2 Å². The van der Waals surface area contributed by atoms with Crippen molar-refractivity contribution in [3.63, 3.8) is 0 Å². The average molecular weight is 554 g/mol. The quantitative estimate of drug-likeness (QED) is 0.143. The molecule has 1 aromatic heterocycles. The minimum atomic E-state index is -0.387. The molecule has 192 valence electrons. The van der Waals surface area contributed by atoms with Gasteiger partial charge in [0.15, 0.2) is 11.0 Å². The first-order valence-corrected chi connectivity index (χ1v) is 14.2. The van der Waals surface area contributed by atoms with Gasteiger partial charge in [-0.2, -0.15) is 0 Å². The van der Waals surface area contributed by atoms with Crippen LogP contribution >= 0.6 is 35.0 Å². The van der Waals surface area contributed by atoms with E-state index in [9.17, 15) is 4.79 Å². The van der Waals surface area contributed by atoms with Crippen LogP contribution in [0.5, 0.6) is 0 Å². The van der Waals surface area contributed by atoms with Gasteiger partial charge in [-0.1, -0.05) is 115 Å². The molecule has 1 unspecified atom stereocenters. The van der Waals surface area contributed by atoms with E-state index in [-0.39, 0.29) is 11.9 Å². The standard InChI is InChI=1S/C29H30Cl2N4OS/c1-2-3-6-15-27(36)32-25(18-21-11-7-4-8-12-21)28-33-34-29(37-20-22-13-9-5-10-14-22)35(28)26-17-16-23(30)19-24(26)31/h4-5,7-14,16-17,19,25H,2-3,6,15,18,20H2,1H3,(H,32,36). The minimum absolute atomic E-state index is 0.00428. The Morgan fingerprint density at radius 2 is 1.65 bits per heavy atom. The molecular formula is C29H30Cl2N4OS. The fourth-order valence-electron chi connectivity index (χ4n) is 4.07. The molecule has 0 radical (unpaired) electrons. The number of aromatic nitrogens is 3. The molecule has 0 spiro atoms. The summed E-state index contributed by atoms with van der Waals surface area (Å²) >= 11 is 14.5. The highest BCUT2D eigenvalue weighted by atomic mass is 35.5. The Kier molecular flexibility index (Phi) is 10.1. The monoisotopic (exact) mass is 552 g/mol. The van der Waals surface area contributed by atoms with Crippen LogP contribution in [-0.4, -0.2) is 20.7 Å². The lowest BCUT2D eigenvalue weighted by atomic mass is 10.0. The summed E-state index contributed by atoms with van der Waals surface area (Å²) < 4.78 is 1.95. The van der Waals surface area contributed by atoms with Gasteiger partial charge in [0.2, 0.25) is 5.91 Å². The Labute approximate surface area is 232 Å². The third-order valence-electron chi connectivity index (χ3n) is 5.96. The molecule has 5 nitrogen and oxygen atoms in total. The van der Waals surface area contributed by atoms with Crippen LogP contribution in [0.1, 0.15) is 55.6 Å². The number of nitrogens with one attached hydrogen (secondary N) is 1. The van der Waals surface area contributed by atoms with E-state index in [1.807, 2.05) is 47.0 Å². The van der Waals surface area contributed by atoms with Crippen LogP contribution in [0.3, 0.4) is 0 Å². The molecule has 0 saturated carbocycles. The zero-order valence-corrected chi connectivity index (χ0v) is 23.1. The van der Waals surface area contributed by atoms with Crippen molar-refractivity contribution < 1.29 is 4.79 Å². The first-order valence-electron chi connectivity index (χ1n) is 12.5. The van der Waals surface area contributed by atoms with Crippen molar-refractivity contribution >= 4 is 40.9 Å². The molecule has 0 aliphatic carbocycles. The molecule has 4 aromatic rings. The maximum absolute atomic E-state index is 13.0. The van der Waals surface area contributed by atoms with E-state index >= 15 is 0 Å². The number of nitrogens with zero attached hydrogens (tertiary/aromatic N) is 3. The van der Waals surface area contributed by atoms with Crippen molar-refractivity contribution in [2.45, 2.75) is 56.0 Å². The fourth-order valence-corrected chi connectivity index (χ4v) is 5.47. The predicted octanol–water partition coefficient (Wildman–Crippen LogP) is 7.85. The Morgan fingerprint density at radius 3 is 2.32 bits per heavy atom. The van der Waals surface area contributed by atoms with Gasteiger partial charge < -0.3 is 5.32 Å². The number of amides is 1. The molecule has 0 bridgehead atoms. The molecule has 0 aliphatic heterocycles. The third-order valence-corrected chi connectivity index (χ3v) is 7.49. The van der Waals surface area contributed by atoms with Crippen molar-refractivity contribution in [3.8, 4) is 5.69 Å². The first-order chi connectivity index (χ1) is 18.0. The van der Waals surface area contributed by atoms with Crippen molar-refractivity contribution in [1.29, 1.82) is 0 Å². The normalized spacial score (nSPS) is 11.9. The largest absolute Gasteiger partial charge is 0.346 e. The Bertz CT molecular complexity index is 1300. The lowest BCUT2D eigenvalue weighted by molar-refractivity contribution is -0.122. The van der Waals surface area contributed by atoms with E-state index in [4.69, 9.17) is 23.2 Å². The molecule has 0 saturated heterocycles. The molecule has 1 amide bonds. The highest BCUT2D eigenvalue weighted by molar-refractivity contribution is 7.98. The SMILES string of the molecule is CCCCCC(=O)NC(Cc1ccccc1)c1nnc(SCc2ccccc2)n1-c1ccc(Cl)cc1Cl. The molecule has 8 heteroatoms. The van der Waals surface area contributed by atoms with Gasteiger partial charge in [0.25, 0.3) is 0 Å². The number of unbranched alkanes of at least 4 members (excludes halogenated alkanes) is 2. The highest BCUT2D eigenvalue weighted by Gasteiger charge is 2.26. The van der Waals surface area contributed by atoms with Crippen molar-refractivity contribution in [2.75, 3.05) is 0 Å². The average Bonchev–Trinajstić information content (AvgIpc) is 3.32. The van der Waals surface area contributed by atoms with Crippen LogP contribution in [0, 0.1) is 0 Å². The van der Waals surface area contributed by atoms with Gasteiger partial charge in [-0.25, -0.2) is 0 Å². The van der Waals surface area contributed by atoms with E-state index in [0.717, 1.165) is 36.3 Å². The highest BCUT2D eigenvalue weighted by Crippen LogP contribution is 2.33. The number of thioether (sulfide) groups is 1. The Balaban J connectivity index is 1.72. The smallest absolute Gasteiger partial charge is 0.220 e. The van der Waals surface area contributed by atoms with E-state index in [1.54, 1.807) is 23.9 Å². The summed E-state index contributed by atoms with van der Waals surface area (Å²) in [6.45, 7) is 2.13. The molecule has 37 heavy (non-hydrogen) atoms. The maximum atomic E-state index is 13.0. The summed E-state index contributed by atoms with van der Waals surface area (Å²) in [6, 6.07) is 25.3. The van der Waals surface area contributed by atoms with Gasteiger partial charge >= 0.3 is 0 Å². The second kappa shape index (κ2) is 13.7. The second-order valence-corrected chi connectivity index (χ2v) is 10.6.